The van der Waals surface area contributed by atoms with Crippen molar-refractivity contribution >= 4 is 44.1 Å². The van der Waals surface area contributed by atoms with Crippen LogP contribution in [0.3, 0.4) is 0 Å². The number of H-pyrrole nitrogens is 2. The Morgan fingerprint density at radius 3 is 2.74 bits per heavy atom. The molecule has 5 aromatic rings. The van der Waals surface area contributed by atoms with Gasteiger partial charge in [0.2, 0.25) is 0 Å². The molecule has 3 atom stereocenters. The fraction of sp³-hybridized carbons (Fsp3) is 0.346. The molecular weight excluding hydrogens is 504 g/mol. The molecule has 2 unspecified atom stereocenters. The van der Waals surface area contributed by atoms with Crippen LogP contribution in [0.5, 0.6) is 0 Å². The van der Waals surface area contributed by atoms with Crippen molar-refractivity contribution in [2.24, 2.45) is 0 Å². The van der Waals surface area contributed by atoms with Gasteiger partial charge in [-0.25, -0.2) is 19.9 Å². The van der Waals surface area contributed by atoms with Crippen molar-refractivity contribution in [1.29, 1.82) is 0 Å². The highest BCUT2D eigenvalue weighted by molar-refractivity contribution is 7.17. The van der Waals surface area contributed by atoms with Gasteiger partial charge < -0.3 is 29.7 Å². The monoisotopic (exact) mass is 532 g/mol. The van der Waals surface area contributed by atoms with E-state index in [0.29, 0.717) is 35.0 Å². The normalized spacial score (nSPS) is 18.8. The Morgan fingerprint density at radius 1 is 1.18 bits per heavy atom. The van der Waals surface area contributed by atoms with Crippen LogP contribution in [-0.4, -0.2) is 68.9 Å². The molecule has 0 saturated carbocycles. The van der Waals surface area contributed by atoms with Gasteiger partial charge >= 0.3 is 0 Å². The molecule has 6 rings (SSSR count). The van der Waals surface area contributed by atoms with Gasteiger partial charge in [0.15, 0.2) is 5.82 Å². The van der Waals surface area contributed by atoms with E-state index in [9.17, 15) is 4.79 Å². The predicted molar refractivity (Wildman–Crippen MR) is 148 cm³/mol. The number of aromatic nitrogens is 6. The average molecular weight is 533 g/mol. The first-order valence-corrected chi connectivity index (χ1v) is 13.3. The van der Waals surface area contributed by atoms with E-state index in [1.807, 2.05) is 17.5 Å². The van der Waals surface area contributed by atoms with Gasteiger partial charge in [0, 0.05) is 38.7 Å². The van der Waals surface area contributed by atoms with Crippen molar-refractivity contribution in [2.75, 3.05) is 37.0 Å². The Balaban J connectivity index is 1.44. The molecule has 1 saturated heterocycles. The van der Waals surface area contributed by atoms with Crippen molar-refractivity contribution in [3.05, 3.63) is 58.3 Å². The van der Waals surface area contributed by atoms with Crippen molar-refractivity contribution < 1.29 is 9.47 Å². The van der Waals surface area contributed by atoms with Gasteiger partial charge in [0.25, 0.3) is 5.56 Å². The fourth-order valence-corrected chi connectivity index (χ4v) is 5.81. The number of morpholine rings is 1. The van der Waals surface area contributed by atoms with Crippen molar-refractivity contribution in [1.82, 2.24) is 29.9 Å². The van der Waals surface area contributed by atoms with Gasteiger partial charge in [-0.3, -0.25) is 4.79 Å². The van der Waals surface area contributed by atoms with Crippen LogP contribution in [0.2, 0.25) is 0 Å². The second-order valence-corrected chi connectivity index (χ2v) is 10.4. The number of hydrogen-bond donors (Lipinski definition) is 3. The number of fused-ring (bicyclic) bond motifs is 2. The summed E-state index contributed by atoms with van der Waals surface area (Å²) in [5.74, 6) is 1.86. The standard InChI is InChI=1S/C26H28N8O3S/c1-14-11-34(12-15(2)37-14)20-9-17-18(10-29-20)32-25(31-17)21-22(23-16(5-8-38-23)33-26(21)35)30-19(13-36-3)24-27-6-4-7-28-24/h4-10,14-15,19H,11-13H2,1-3H3,(H,31,32)(H2,30,33,35)/t14?,15?,19-/m1/s1. The third kappa shape index (κ3) is 4.62. The lowest BCUT2D eigenvalue weighted by Crippen LogP contribution is -2.45. The molecular formula is C26H28N8O3S. The first kappa shape index (κ1) is 24.5. The van der Waals surface area contributed by atoms with Crippen LogP contribution in [0.25, 0.3) is 32.6 Å². The minimum absolute atomic E-state index is 0.118. The second-order valence-electron chi connectivity index (χ2n) is 9.43. The zero-order valence-corrected chi connectivity index (χ0v) is 22.1. The summed E-state index contributed by atoms with van der Waals surface area (Å²) in [7, 11) is 1.62. The van der Waals surface area contributed by atoms with Gasteiger partial charge in [-0.05, 0) is 31.4 Å². The summed E-state index contributed by atoms with van der Waals surface area (Å²) in [6.07, 6.45) is 5.35. The number of pyridine rings is 2. The Labute approximate surface area is 222 Å². The summed E-state index contributed by atoms with van der Waals surface area (Å²) in [4.78, 5) is 40.2. The fourth-order valence-electron chi connectivity index (χ4n) is 4.95. The number of imidazole rings is 1. The van der Waals surface area contributed by atoms with Crippen LogP contribution in [0, 0.1) is 0 Å². The van der Waals surface area contributed by atoms with Gasteiger partial charge in [-0.2, -0.15) is 0 Å². The molecule has 12 heteroatoms. The third-order valence-electron chi connectivity index (χ3n) is 6.50. The van der Waals surface area contributed by atoms with Gasteiger partial charge in [-0.15, -0.1) is 11.3 Å². The van der Waals surface area contributed by atoms with Gasteiger partial charge in [0.1, 0.15) is 28.8 Å². The lowest BCUT2D eigenvalue weighted by Gasteiger charge is -2.36. The first-order chi connectivity index (χ1) is 18.5. The lowest BCUT2D eigenvalue weighted by molar-refractivity contribution is -0.00545. The molecule has 196 valence electrons. The summed E-state index contributed by atoms with van der Waals surface area (Å²) in [6, 6.07) is 5.25. The number of hydrogen-bond acceptors (Lipinski definition) is 10. The summed E-state index contributed by atoms with van der Waals surface area (Å²) in [5, 5.41) is 5.44. The van der Waals surface area contributed by atoms with Gasteiger partial charge in [-0.1, -0.05) is 0 Å². The van der Waals surface area contributed by atoms with Crippen LogP contribution < -0.4 is 15.8 Å². The quantitative estimate of drug-likeness (QED) is 0.287. The van der Waals surface area contributed by atoms with Crippen LogP contribution in [0.1, 0.15) is 25.7 Å². The van der Waals surface area contributed by atoms with E-state index in [0.717, 1.165) is 34.6 Å². The summed E-state index contributed by atoms with van der Waals surface area (Å²) in [6.45, 7) is 5.96. The van der Waals surface area contributed by atoms with E-state index in [4.69, 9.17) is 14.5 Å². The van der Waals surface area contributed by atoms with E-state index in [1.54, 1.807) is 31.8 Å². The summed E-state index contributed by atoms with van der Waals surface area (Å²) < 4.78 is 12.2. The zero-order valence-electron chi connectivity index (χ0n) is 21.3. The topological polar surface area (TPSA) is 134 Å². The second kappa shape index (κ2) is 10.1. The summed E-state index contributed by atoms with van der Waals surface area (Å²) in [5.41, 5.74) is 3.01. The molecule has 0 spiro atoms. The third-order valence-corrected chi connectivity index (χ3v) is 7.43. The van der Waals surface area contributed by atoms with E-state index in [2.05, 4.69) is 49.0 Å². The molecule has 6 heterocycles. The Bertz CT molecular complexity index is 1620. The van der Waals surface area contributed by atoms with Crippen LogP contribution in [0.15, 0.2) is 47.0 Å². The molecule has 1 aliphatic rings. The molecule has 0 bridgehead atoms. The lowest BCUT2D eigenvalue weighted by atomic mass is 10.1. The van der Waals surface area contributed by atoms with Crippen molar-refractivity contribution in [2.45, 2.75) is 32.1 Å². The van der Waals surface area contributed by atoms with Crippen molar-refractivity contribution in [3.63, 3.8) is 0 Å². The zero-order chi connectivity index (χ0) is 26.2. The molecule has 0 aliphatic carbocycles. The molecule has 1 aliphatic heterocycles. The smallest absolute Gasteiger partial charge is 0.261 e. The largest absolute Gasteiger partial charge is 0.382 e. The van der Waals surface area contributed by atoms with Crippen LogP contribution >= 0.6 is 11.3 Å². The first-order valence-electron chi connectivity index (χ1n) is 12.4. The van der Waals surface area contributed by atoms with Gasteiger partial charge in [0.05, 0.1) is 46.4 Å². The maximum atomic E-state index is 13.4. The van der Waals surface area contributed by atoms with Crippen LogP contribution in [-0.2, 0) is 9.47 Å². The molecule has 0 aromatic carbocycles. The number of rotatable bonds is 7. The number of aromatic amines is 2. The Hall–Kier alpha value is -3.87. The molecule has 11 nitrogen and oxygen atoms in total. The maximum Gasteiger partial charge on any atom is 0.261 e. The molecule has 0 radical (unpaired) electrons. The Morgan fingerprint density at radius 2 is 1.97 bits per heavy atom. The minimum atomic E-state index is -0.380. The maximum absolute atomic E-state index is 13.4. The van der Waals surface area contributed by atoms with E-state index in [-0.39, 0.29) is 23.8 Å². The number of methoxy groups -OCH3 is 1. The average Bonchev–Trinajstić information content (AvgIpc) is 3.54. The van der Waals surface area contributed by atoms with E-state index in [1.165, 1.54) is 11.3 Å². The predicted octanol–water partition coefficient (Wildman–Crippen LogP) is 3.73. The molecule has 5 aromatic heterocycles. The number of nitrogens with zero attached hydrogens (tertiary/aromatic N) is 5. The molecule has 3 N–H and O–H groups in total. The molecule has 1 fully saturated rings. The number of anilines is 2. The number of thiophene rings is 1. The highest BCUT2D eigenvalue weighted by Crippen LogP contribution is 2.36. The molecule has 38 heavy (non-hydrogen) atoms. The number of nitrogens with one attached hydrogen (secondary N) is 3. The minimum Gasteiger partial charge on any atom is -0.382 e. The number of ether oxygens (including phenoxy) is 2. The Kier molecular flexibility index (Phi) is 6.52. The highest BCUT2D eigenvalue weighted by Gasteiger charge is 2.25. The van der Waals surface area contributed by atoms with Crippen LogP contribution in [0.4, 0.5) is 11.5 Å². The van der Waals surface area contributed by atoms with E-state index < -0.39 is 0 Å². The molecule has 0 amide bonds. The highest BCUT2D eigenvalue weighted by atomic mass is 32.1. The summed E-state index contributed by atoms with van der Waals surface area (Å²) >= 11 is 1.53. The van der Waals surface area contributed by atoms with E-state index >= 15 is 0 Å². The van der Waals surface area contributed by atoms with Crippen molar-refractivity contribution in [3.8, 4) is 11.4 Å². The SMILES string of the molecule is COC[C@@H](Nc1c(-c2nc3cnc(N4CC(C)OC(C)C4)cc3[nH]2)c(=O)[nH]c2ccsc12)c1ncccn1.